The third-order valence-electron chi connectivity index (χ3n) is 2.26. The number of unbranched alkanes of at least 4 members (excludes halogenated alkanes) is 2. The number of hydrogen-bond acceptors (Lipinski definition) is 1. The fraction of sp³-hybridized carbons (Fsp3) is 0.769. The van der Waals surface area contributed by atoms with Crippen molar-refractivity contribution in [2.75, 3.05) is 0 Å². The van der Waals surface area contributed by atoms with Crippen LogP contribution in [0.3, 0.4) is 0 Å². The van der Waals surface area contributed by atoms with Crippen molar-refractivity contribution >= 4 is 5.78 Å². The van der Waals surface area contributed by atoms with Crippen molar-refractivity contribution in [3.63, 3.8) is 0 Å². The molecular formula is C13H22O. The highest BCUT2D eigenvalue weighted by molar-refractivity contribution is 5.93. The third-order valence-corrected chi connectivity index (χ3v) is 2.26. The minimum absolute atomic E-state index is 0.0111. The number of carbonyl (C=O) groups is 1. The first-order valence-electron chi connectivity index (χ1n) is 5.72. The van der Waals surface area contributed by atoms with E-state index < -0.39 is 0 Å². The van der Waals surface area contributed by atoms with Gasteiger partial charge in [-0.1, -0.05) is 45.5 Å². The molecule has 0 aromatic heterocycles. The highest BCUT2D eigenvalue weighted by Gasteiger charge is 2.03. The molecule has 0 rings (SSSR count). The molecule has 0 fully saturated rings. The molecule has 1 nitrogen and oxygen atoms in total. The molecule has 0 aliphatic rings. The molecule has 0 atom stereocenters. The summed E-state index contributed by atoms with van der Waals surface area (Å²) in [5.41, 5.74) is 0. The number of Topliss-reactive ketones (excluding diaryl/α,β-unsaturated/α-hetero) is 1. The van der Waals surface area contributed by atoms with E-state index in [0.29, 0.717) is 5.92 Å². The second-order valence-corrected chi connectivity index (χ2v) is 3.81. The van der Waals surface area contributed by atoms with Crippen LogP contribution in [0.15, 0.2) is 0 Å². The Bertz CT molecular complexity index is 199. The Balaban J connectivity index is 3.97. The number of ketones is 1. The summed E-state index contributed by atoms with van der Waals surface area (Å²) < 4.78 is 0. The molecule has 0 unspecified atom stereocenters. The Labute approximate surface area is 88.3 Å². The first-order chi connectivity index (χ1) is 6.70. The minimum Gasteiger partial charge on any atom is -0.285 e. The van der Waals surface area contributed by atoms with Crippen molar-refractivity contribution in [3.05, 3.63) is 0 Å². The van der Waals surface area contributed by atoms with E-state index in [-0.39, 0.29) is 5.78 Å². The molecule has 0 aliphatic carbocycles. The Hall–Kier alpha value is -0.770. The maximum absolute atomic E-state index is 10.7. The molecule has 0 N–H and O–H groups in total. The van der Waals surface area contributed by atoms with Gasteiger partial charge in [0.25, 0.3) is 0 Å². The fourth-order valence-electron chi connectivity index (χ4n) is 1.39. The molecular weight excluding hydrogens is 172 g/mol. The summed E-state index contributed by atoms with van der Waals surface area (Å²) in [6, 6.07) is 0. The van der Waals surface area contributed by atoms with Crippen LogP contribution in [0.5, 0.6) is 0 Å². The van der Waals surface area contributed by atoms with Crippen LogP contribution in [0.4, 0.5) is 0 Å². The lowest BCUT2D eigenvalue weighted by Crippen LogP contribution is -1.98. The van der Waals surface area contributed by atoms with Gasteiger partial charge in [-0.3, -0.25) is 4.79 Å². The minimum atomic E-state index is -0.0111. The summed E-state index contributed by atoms with van der Waals surface area (Å²) in [6.45, 7) is 5.91. The Morgan fingerprint density at radius 1 is 1.14 bits per heavy atom. The summed E-state index contributed by atoms with van der Waals surface area (Å²) >= 11 is 0. The summed E-state index contributed by atoms with van der Waals surface area (Å²) in [7, 11) is 0. The van der Waals surface area contributed by atoms with Crippen molar-refractivity contribution < 1.29 is 4.79 Å². The van der Waals surface area contributed by atoms with E-state index in [9.17, 15) is 4.79 Å². The molecule has 0 aromatic rings. The molecule has 1 heteroatoms. The smallest absolute Gasteiger partial charge is 0.202 e. The van der Waals surface area contributed by atoms with Crippen molar-refractivity contribution in [1.82, 2.24) is 0 Å². The van der Waals surface area contributed by atoms with Crippen LogP contribution in [0, 0.1) is 17.8 Å². The van der Waals surface area contributed by atoms with Gasteiger partial charge in [-0.25, -0.2) is 0 Å². The lowest BCUT2D eigenvalue weighted by molar-refractivity contribution is -0.111. The van der Waals surface area contributed by atoms with E-state index >= 15 is 0 Å². The summed E-state index contributed by atoms with van der Waals surface area (Å²) in [5, 5.41) is 0. The maximum atomic E-state index is 10.7. The van der Waals surface area contributed by atoms with Crippen molar-refractivity contribution in [2.24, 2.45) is 5.92 Å². The van der Waals surface area contributed by atoms with Crippen LogP contribution < -0.4 is 0 Å². The van der Waals surface area contributed by atoms with Gasteiger partial charge in [0.2, 0.25) is 5.78 Å². The lowest BCUT2D eigenvalue weighted by atomic mass is 9.96. The van der Waals surface area contributed by atoms with E-state index in [2.05, 4.69) is 25.7 Å². The average molecular weight is 194 g/mol. The monoisotopic (exact) mass is 194 g/mol. The zero-order valence-electron chi connectivity index (χ0n) is 9.73. The highest BCUT2D eigenvalue weighted by Crippen LogP contribution is 2.14. The van der Waals surface area contributed by atoms with Gasteiger partial charge in [-0.15, -0.1) is 0 Å². The van der Waals surface area contributed by atoms with E-state index in [1.54, 1.807) is 0 Å². The largest absolute Gasteiger partial charge is 0.285 e. The average Bonchev–Trinajstić information content (AvgIpc) is 2.16. The van der Waals surface area contributed by atoms with Gasteiger partial charge in [0.1, 0.15) is 0 Å². The van der Waals surface area contributed by atoms with Gasteiger partial charge in [0.15, 0.2) is 0 Å². The topological polar surface area (TPSA) is 17.1 Å². The lowest BCUT2D eigenvalue weighted by Gasteiger charge is -2.08. The molecule has 0 spiro atoms. The first kappa shape index (κ1) is 13.2. The van der Waals surface area contributed by atoms with E-state index in [1.807, 2.05) is 0 Å². The Kier molecular flexibility index (Phi) is 8.33. The molecule has 0 aliphatic heterocycles. The van der Waals surface area contributed by atoms with Crippen LogP contribution in [0.2, 0.25) is 0 Å². The normalized spacial score (nSPS) is 9.71. The van der Waals surface area contributed by atoms with Crippen LogP contribution in [0.1, 0.15) is 59.3 Å². The second kappa shape index (κ2) is 8.81. The van der Waals surface area contributed by atoms with Crippen molar-refractivity contribution in [3.8, 4) is 11.8 Å². The summed E-state index contributed by atoms with van der Waals surface area (Å²) in [4.78, 5) is 10.7. The number of carbonyl (C=O) groups excluding carboxylic acids is 1. The number of rotatable bonds is 6. The molecule has 0 amide bonds. The second-order valence-electron chi connectivity index (χ2n) is 3.81. The molecule has 0 heterocycles. The summed E-state index contributed by atoms with van der Waals surface area (Å²) in [5.74, 6) is 6.20. The van der Waals surface area contributed by atoms with E-state index in [1.165, 1.54) is 32.6 Å². The zero-order valence-corrected chi connectivity index (χ0v) is 9.73. The van der Waals surface area contributed by atoms with Crippen molar-refractivity contribution in [2.45, 2.75) is 59.3 Å². The standard InChI is InChI=1S/C13H22O/c1-4-6-8-13(9-7-5-2)11-10-12(3)14/h13H,4-9H2,1-3H3. The van der Waals surface area contributed by atoms with Gasteiger partial charge in [-0.05, 0) is 18.8 Å². The van der Waals surface area contributed by atoms with Crippen LogP contribution in [0.25, 0.3) is 0 Å². The van der Waals surface area contributed by atoms with Crippen molar-refractivity contribution in [1.29, 1.82) is 0 Å². The van der Waals surface area contributed by atoms with Gasteiger partial charge in [0, 0.05) is 12.8 Å². The predicted molar refractivity (Wildman–Crippen MR) is 61.0 cm³/mol. The molecule has 0 bridgehead atoms. The van der Waals surface area contributed by atoms with Crippen LogP contribution in [-0.2, 0) is 4.79 Å². The van der Waals surface area contributed by atoms with Crippen LogP contribution >= 0.6 is 0 Å². The fourth-order valence-corrected chi connectivity index (χ4v) is 1.39. The van der Waals surface area contributed by atoms with E-state index in [0.717, 1.165) is 12.8 Å². The summed E-state index contributed by atoms with van der Waals surface area (Å²) in [6.07, 6.45) is 7.17. The first-order valence-corrected chi connectivity index (χ1v) is 5.72. The van der Waals surface area contributed by atoms with E-state index in [4.69, 9.17) is 0 Å². The van der Waals surface area contributed by atoms with Gasteiger partial charge in [-0.2, -0.15) is 0 Å². The molecule has 0 saturated carbocycles. The zero-order chi connectivity index (χ0) is 10.8. The molecule has 0 saturated heterocycles. The molecule has 0 aromatic carbocycles. The quantitative estimate of drug-likeness (QED) is 0.466. The Morgan fingerprint density at radius 2 is 1.64 bits per heavy atom. The molecule has 14 heavy (non-hydrogen) atoms. The van der Waals surface area contributed by atoms with Gasteiger partial charge < -0.3 is 0 Å². The number of hydrogen-bond donors (Lipinski definition) is 0. The van der Waals surface area contributed by atoms with Gasteiger partial charge in [0.05, 0.1) is 0 Å². The maximum Gasteiger partial charge on any atom is 0.202 e. The van der Waals surface area contributed by atoms with Crippen LogP contribution in [-0.4, -0.2) is 5.78 Å². The highest BCUT2D eigenvalue weighted by atomic mass is 16.1. The predicted octanol–water partition coefficient (Wildman–Crippen LogP) is 3.58. The Morgan fingerprint density at radius 3 is 2.00 bits per heavy atom. The molecule has 0 radical (unpaired) electrons. The SMILES string of the molecule is CCCCC(C#CC(C)=O)CCCC. The van der Waals surface area contributed by atoms with Gasteiger partial charge >= 0.3 is 0 Å². The third kappa shape index (κ3) is 7.86. The molecule has 80 valence electrons.